The van der Waals surface area contributed by atoms with Gasteiger partial charge in [0.2, 0.25) is 0 Å². The van der Waals surface area contributed by atoms with E-state index in [2.05, 4.69) is 16.6 Å². The summed E-state index contributed by atoms with van der Waals surface area (Å²) in [6.07, 6.45) is 8.24. The van der Waals surface area contributed by atoms with Crippen LogP contribution < -0.4 is 11.1 Å². The molecular formula is C13H19N3OS. The Labute approximate surface area is 112 Å². The molecule has 2 rings (SSSR count). The predicted molar refractivity (Wildman–Crippen MR) is 75.7 cm³/mol. The number of anilines is 1. The van der Waals surface area contributed by atoms with E-state index in [1.165, 1.54) is 12.8 Å². The minimum Gasteiger partial charge on any atom is -0.397 e. The van der Waals surface area contributed by atoms with Gasteiger partial charge >= 0.3 is 0 Å². The molecule has 1 aromatic heterocycles. The molecule has 0 bridgehead atoms. The summed E-state index contributed by atoms with van der Waals surface area (Å²) in [4.78, 5) is 16.1. The summed E-state index contributed by atoms with van der Waals surface area (Å²) in [5.74, 6) is -0.153. The molecule has 0 aromatic carbocycles. The Balaban J connectivity index is 1.97. The number of aromatic nitrogens is 1. The summed E-state index contributed by atoms with van der Waals surface area (Å²) in [5.41, 5.74) is 6.53. The van der Waals surface area contributed by atoms with Crippen molar-refractivity contribution in [3.05, 3.63) is 24.0 Å². The zero-order chi connectivity index (χ0) is 13.0. The van der Waals surface area contributed by atoms with E-state index in [4.69, 9.17) is 5.73 Å². The fourth-order valence-corrected chi connectivity index (χ4v) is 3.18. The van der Waals surface area contributed by atoms with Crippen molar-refractivity contribution in [2.75, 3.05) is 12.0 Å². The molecule has 98 valence electrons. The van der Waals surface area contributed by atoms with Crippen LogP contribution in [0.4, 0.5) is 5.69 Å². The van der Waals surface area contributed by atoms with Gasteiger partial charge in [-0.25, -0.2) is 4.98 Å². The van der Waals surface area contributed by atoms with Crippen LogP contribution in [0, 0.1) is 0 Å². The number of nitrogens with two attached hydrogens (primary N) is 1. The maximum atomic E-state index is 12.1. The van der Waals surface area contributed by atoms with Gasteiger partial charge in [0, 0.05) is 17.5 Å². The van der Waals surface area contributed by atoms with Gasteiger partial charge in [-0.2, -0.15) is 11.8 Å². The highest BCUT2D eigenvalue weighted by Crippen LogP contribution is 2.27. The minimum absolute atomic E-state index is 0.153. The number of amides is 1. The summed E-state index contributed by atoms with van der Waals surface area (Å²) in [6.45, 7) is 0. The van der Waals surface area contributed by atoms with Crippen molar-refractivity contribution < 1.29 is 4.79 Å². The van der Waals surface area contributed by atoms with Gasteiger partial charge in [0.05, 0.1) is 5.69 Å². The maximum Gasteiger partial charge on any atom is 0.272 e. The number of hydrogen-bond donors (Lipinski definition) is 2. The summed E-state index contributed by atoms with van der Waals surface area (Å²) < 4.78 is 0. The van der Waals surface area contributed by atoms with E-state index in [0.29, 0.717) is 16.6 Å². The molecule has 18 heavy (non-hydrogen) atoms. The number of rotatable bonds is 3. The van der Waals surface area contributed by atoms with Crippen LogP contribution in [0.2, 0.25) is 0 Å². The van der Waals surface area contributed by atoms with E-state index in [-0.39, 0.29) is 11.9 Å². The van der Waals surface area contributed by atoms with E-state index in [1.807, 2.05) is 11.8 Å². The molecule has 1 fully saturated rings. The lowest BCUT2D eigenvalue weighted by atomic mass is 9.95. The predicted octanol–water partition coefficient (Wildman–Crippen LogP) is 2.07. The fraction of sp³-hybridized carbons (Fsp3) is 0.538. The zero-order valence-electron chi connectivity index (χ0n) is 10.6. The third kappa shape index (κ3) is 3.16. The van der Waals surface area contributed by atoms with Crippen LogP contribution in [0.5, 0.6) is 0 Å². The van der Waals surface area contributed by atoms with Crippen LogP contribution in [-0.2, 0) is 0 Å². The first-order valence-corrected chi connectivity index (χ1v) is 7.53. The van der Waals surface area contributed by atoms with Crippen molar-refractivity contribution in [3.8, 4) is 0 Å². The normalized spacial score (nSPS) is 23.6. The van der Waals surface area contributed by atoms with Crippen LogP contribution in [0.25, 0.3) is 0 Å². The average Bonchev–Trinajstić information content (AvgIpc) is 2.39. The molecule has 1 heterocycles. The van der Waals surface area contributed by atoms with Gasteiger partial charge in [-0.1, -0.05) is 6.42 Å². The number of nitrogens with one attached hydrogen (secondary N) is 1. The maximum absolute atomic E-state index is 12.1. The average molecular weight is 265 g/mol. The van der Waals surface area contributed by atoms with Crippen LogP contribution >= 0.6 is 11.8 Å². The number of carbonyl (C=O) groups excluding carboxylic acids is 1. The molecular weight excluding hydrogens is 246 g/mol. The van der Waals surface area contributed by atoms with Crippen molar-refractivity contribution in [1.82, 2.24) is 10.3 Å². The van der Waals surface area contributed by atoms with Gasteiger partial charge in [0.25, 0.3) is 5.91 Å². The summed E-state index contributed by atoms with van der Waals surface area (Å²) in [5, 5.41) is 3.70. The molecule has 3 N–H and O–H groups in total. The van der Waals surface area contributed by atoms with Crippen LogP contribution in [0.15, 0.2) is 18.3 Å². The van der Waals surface area contributed by atoms with Crippen molar-refractivity contribution in [2.24, 2.45) is 0 Å². The Bertz CT molecular complexity index is 424. The Morgan fingerprint density at radius 1 is 1.56 bits per heavy atom. The molecule has 1 aromatic rings. The van der Waals surface area contributed by atoms with Crippen molar-refractivity contribution in [3.63, 3.8) is 0 Å². The van der Waals surface area contributed by atoms with Crippen LogP contribution in [0.3, 0.4) is 0 Å². The van der Waals surface area contributed by atoms with Gasteiger partial charge in [0.15, 0.2) is 5.69 Å². The smallest absolute Gasteiger partial charge is 0.272 e. The lowest BCUT2D eigenvalue weighted by Gasteiger charge is -2.28. The zero-order valence-corrected chi connectivity index (χ0v) is 11.4. The standard InChI is InChI=1S/C13H19N3OS/c1-18-10-5-2-4-9(8-10)16-13(17)12-11(14)6-3-7-15-12/h3,6-7,9-10H,2,4-5,8,14H2,1H3,(H,16,17). The third-order valence-electron chi connectivity index (χ3n) is 3.35. The highest BCUT2D eigenvalue weighted by Gasteiger charge is 2.23. The van der Waals surface area contributed by atoms with E-state index >= 15 is 0 Å². The first kappa shape index (κ1) is 13.2. The highest BCUT2D eigenvalue weighted by molar-refractivity contribution is 7.99. The molecule has 1 aliphatic rings. The van der Waals surface area contributed by atoms with Crippen molar-refractivity contribution >= 4 is 23.4 Å². The largest absolute Gasteiger partial charge is 0.397 e. The van der Waals surface area contributed by atoms with Gasteiger partial charge in [-0.05, 0) is 37.7 Å². The second kappa shape index (κ2) is 6.09. The molecule has 5 heteroatoms. The lowest BCUT2D eigenvalue weighted by molar-refractivity contribution is 0.0924. The monoisotopic (exact) mass is 265 g/mol. The summed E-state index contributed by atoms with van der Waals surface area (Å²) in [6, 6.07) is 3.69. The second-order valence-electron chi connectivity index (χ2n) is 4.64. The Morgan fingerprint density at radius 2 is 2.39 bits per heavy atom. The van der Waals surface area contributed by atoms with E-state index in [1.54, 1.807) is 18.3 Å². The van der Waals surface area contributed by atoms with Crippen molar-refractivity contribution in [2.45, 2.75) is 37.0 Å². The van der Waals surface area contributed by atoms with E-state index in [0.717, 1.165) is 12.8 Å². The number of thioether (sulfide) groups is 1. The Hall–Kier alpha value is -1.23. The molecule has 0 saturated heterocycles. The van der Waals surface area contributed by atoms with Crippen molar-refractivity contribution in [1.29, 1.82) is 0 Å². The van der Waals surface area contributed by atoms with Crippen LogP contribution in [0.1, 0.15) is 36.2 Å². The lowest BCUT2D eigenvalue weighted by Crippen LogP contribution is -2.39. The molecule has 1 amide bonds. The number of nitrogen functional groups attached to an aromatic ring is 1. The number of carbonyl (C=O) groups is 1. The molecule has 4 nitrogen and oxygen atoms in total. The molecule has 2 unspecified atom stereocenters. The Kier molecular flexibility index (Phi) is 4.47. The molecule has 1 aliphatic carbocycles. The fourth-order valence-electron chi connectivity index (χ4n) is 2.35. The third-order valence-corrected chi connectivity index (χ3v) is 4.44. The number of nitrogens with zero attached hydrogens (tertiary/aromatic N) is 1. The quantitative estimate of drug-likeness (QED) is 0.878. The Morgan fingerprint density at radius 3 is 3.11 bits per heavy atom. The van der Waals surface area contributed by atoms with Gasteiger partial charge in [-0.3, -0.25) is 4.79 Å². The molecule has 1 saturated carbocycles. The molecule has 0 spiro atoms. The summed E-state index contributed by atoms with van der Waals surface area (Å²) in [7, 11) is 0. The molecule has 0 aliphatic heterocycles. The van der Waals surface area contributed by atoms with Gasteiger partial charge < -0.3 is 11.1 Å². The first-order chi connectivity index (χ1) is 8.70. The van der Waals surface area contributed by atoms with Gasteiger partial charge in [-0.15, -0.1) is 0 Å². The van der Waals surface area contributed by atoms with Gasteiger partial charge in [0.1, 0.15) is 0 Å². The second-order valence-corrected chi connectivity index (χ2v) is 5.77. The SMILES string of the molecule is CSC1CCCC(NC(=O)c2ncccc2N)C1. The molecule has 2 atom stereocenters. The van der Waals surface area contributed by atoms with E-state index < -0.39 is 0 Å². The number of pyridine rings is 1. The minimum atomic E-state index is -0.153. The topological polar surface area (TPSA) is 68.0 Å². The summed E-state index contributed by atoms with van der Waals surface area (Å²) >= 11 is 1.88. The van der Waals surface area contributed by atoms with E-state index in [9.17, 15) is 4.79 Å². The highest BCUT2D eigenvalue weighted by atomic mass is 32.2. The van der Waals surface area contributed by atoms with Crippen LogP contribution in [-0.4, -0.2) is 28.4 Å². The number of hydrogen-bond acceptors (Lipinski definition) is 4. The molecule has 0 radical (unpaired) electrons. The first-order valence-electron chi connectivity index (χ1n) is 6.25.